The molecule has 33 heavy (non-hydrogen) atoms. The molecule has 1 saturated heterocycles. The summed E-state index contributed by atoms with van der Waals surface area (Å²) < 4.78 is 0. The van der Waals surface area contributed by atoms with Gasteiger partial charge in [0, 0.05) is 38.4 Å². The number of aromatic nitrogens is 2. The fourth-order valence-corrected chi connectivity index (χ4v) is 5.20. The lowest BCUT2D eigenvalue weighted by atomic mass is 9.81. The van der Waals surface area contributed by atoms with Crippen LogP contribution in [0.25, 0.3) is 5.57 Å². The zero-order valence-electron chi connectivity index (χ0n) is 21.3. The van der Waals surface area contributed by atoms with Gasteiger partial charge in [-0.25, -0.2) is 9.97 Å². The number of rotatable bonds is 8. The number of nitrogens with zero attached hydrogens (tertiary/aromatic N) is 5. The monoisotopic (exact) mass is 456 g/mol. The smallest absolute Gasteiger partial charge is 0.223 e. The van der Waals surface area contributed by atoms with Crippen molar-refractivity contribution in [1.82, 2.24) is 19.8 Å². The van der Waals surface area contributed by atoms with Gasteiger partial charge in [0.05, 0.1) is 17.4 Å². The van der Waals surface area contributed by atoms with Crippen LogP contribution in [0.15, 0.2) is 17.8 Å². The van der Waals surface area contributed by atoms with E-state index < -0.39 is 0 Å². The predicted octanol–water partition coefficient (Wildman–Crippen LogP) is 4.04. The van der Waals surface area contributed by atoms with Crippen LogP contribution in [0.4, 0.5) is 5.95 Å². The Balaban J connectivity index is 1.93. The van der Waals surface area contributed by atoms with E-state index in [9.17, 15) is 5.11 Å². The second-order valence-corrected chi connectivity index (χ2v) is 10.1. The largest absolute Gasteiger partial charge is 0.393 e. The van der Waals surface area contributed by atoms with Crippen molar-refractivity contribution in [2.75, 3.05) is 39.5 Å². The Morgan fingerprint density at radius 2 is 2.03 bits per heavy atom. The maximum absolute atomic E-state index is 10.00. The van der Waals surface area contributed by atoms with Gasteiger partial charge in [0.25, 0.3) is 0 Å². The highest BCUT2D eigenvalue weighted by atomic mass is 16.3. The number of aliphatic hydroxyl groups is 1. The van der Waals surface area contributed by atoms with Crippen LogP contribution in [0.3, 0.4) is 0 Å². The van der Waals surface area contributed by atoms with Crippen molar-refractivity contribution in [3.05, 3.63) is 24.0 Å². The maximum Gasteiger partial charge on any atom is 0.223 e. The molecule has 3 rings (SSSR count). The van der Waals surface area contributed by atoms with Crippen LogP contribution in [0.2, 0.25) is 0 Å². The van der Waals surface area contributed by atoms with Crippen LogP contribution in [-0.4, -0.2) is 83.1 Å². The Bertz CT molecular complexity index is 815. The predicted molar refractivity (Wildman–Crippen MR) is 138 cm³/mol. The Labute approximate surface area is 200 Å². The Morgan fingerprint density at radius 3 is 2.67 bits per heavy atom. The van der Waals surface area contributed by atoms with Gasteiger partial charge in [-0.1, -0.05) is 19.9 Å². The Kier molecular flexibility index (Phi) is 9.27. The summed E-state index contributed by atoms with van der Waals surface area (Å²) in [4.78, 5) is 19.1. The molecule has 1 saturated carbocycles. The molecule has 0 bridgehead atoms. The first kappa shape index (κ1) is 25.6. The molecule has 1 unspecified atom stereocenters. The molecule has 7 heteroatoms. The third-order valence-electron chi connectivity index (χ3n) is 7.26. The van der Waals surface area contributed by atoms with Crippen molar-refractivity contribution >= 4 is 17.4 Å². The van der Waals surface area contributed by atoms with E-state index in [-0.39, 0.29) is 6.10 Å². The lowest BCUT2D eigenvalue weighted by Crippen LogP contribution is -2.48. The molecule has 2 heterocycles. The molecule has 1 aromatic rings. The van der Waals surface area contributed by atoms with E-state index in [1.54, 1.807) is 0 Å². The molecular formula is C26H44N6O. The quantitative estimate of drug-likeness (QED) is 0.454. The highest BCUT2D eigenvalue weighted by molar-refractivity contribution is 6.02. The minimum atomic E-state index is -0.185. The standard InChI is InChI=1S/C26H44N6O/c1-7-9-18(2)29-26-28-16-23(24(30-26)19(3)20-11-13-22(33)14-12-20)25(27-4)32-15-8-10-21(17-32)31(5)6/h16,18,20-22,33H,3,7-15,17H2,1-2,4-6H3,(H,28,29,30)/b27-25+/t18?,20-,21-,22-/m1/s1. The van der Waals surface area contributed by atoms with Crippen LogP contribution in [0, 0.1) is 5.92 Å². The van der Waals surface area contributed by atoms with E-state index in [2.05, 4.69) is 49.6 Å². The van der Waals surface area contributed by atoms with E-state index in [0.29, 0.717) is 23.9 Å². The Hall–Kier alpha value is -1.99. The van der Waals surface area contributed by atoms with Gasteiger partial charge in [-0.05, 0) is 77.5 Å². The number of likely N-dealkylation sites (N-methyl/N-ethyl adjacent to an activating group) is 1. The van der Waals surface area contributed by atoms with Crippen molar-refractivity contribution in [2.45, 2.75) is 83.4 Å². The van der Waals surface area contributed by atoms with Crippen LogP contribution in [-0.2, 0) is 0 Å². The molecule has 0 spiro atoms. The molecule has 2 atom stereocenters. The molecular weight excluding hydrogens is 412 g/mol. The number of nitrogens with one attached hydrogen (secondary N) is 1. The number of aliphatic imine (C=N–C) groups is 1. The van der Waals surface area contributed by atoms with Crippen molar-refractivity contribution in [3.63, 3.8) is 0 Å². The average Bonchev–Trinajstić information content (AvgIpc) is 2.80. The number of anilines is 1. The number of hydrogen-bond acceptors (Lipinski definition) is 6. The summed E-state index contributed by atoms with van der Waals surface area (Å²) in [5.74, 6) is 1.95. The second kappa shape index (κ2) is 11.9. The first-order valence-corrected chi connectivity index (χ1v) is 12.7. The lowest BCUT2D eigenvalue weighted by Gasteiger charge is -2.38. The molecule has 2 N–H and O–H groups in total. The minimum Gasteiger partial charge on any atom is -0.393 e. The summed E-state index contributed by atoms with van der Waals surface area (Å²) in [6.07, 6.45) is 9.85. The summed E-state index contributed by atoms with van der Waals surface area (Å²) in [6.45, 7) is 10.8. The van der Waals surface area contributed by atoms with Crippen LogP contribution in [0.1, 0.15) is 76.5 Å². The van der Waals surface area contributed by atoms with E-state index in [0.717, 1.165) is 80.7 Å². The fourth-order valence-electron chi connectivity index (χ4n) is 5.20. The highest BCUT2D eigenvalue weighted by Crippen LogP contribution is 2.35. The third kappa shape index (κ3) is 6.54. The summed E-state index contributed by atoms with van der Waals surface area (Å²) in [6, 6.07) is 0.827. The second-order valence-electron chi connectivity index (χ2n) is 10.1. The fraction of sp³-hybridized carbons (Fsp3) is 0.731. The number of likely N-dealkylation sites (tertiary alicyclic amines) is 1. The summed E-state index contributed by atoms with van der Waals surface area (Å²) in [5.41, 5.74) is 2.93. The number of hydrogen-bond donors (Lipinski definition) is 2. The molecule has 1 aliphatic carbocycles. The van der Waals surface area contributed by atoms with Crippen LogP contribution >= 0.6 is 0 Å². The normalized spacial score (nSPS) is 25.2. The number of amidine groups is 1. The average molecular weight is 457 g/mol. The van der Waals surface area contributed by atoms with Crippen molar-refractivity contribution < 1.29 is 5.11 Å². The molecule has 0 aromatic carbocycles. The van der Waals surface area contributed by atoms with Gasteiger partial charge in [0.1, 0.15) is 5.84 Å². The molecule has 1 aliphatic heterocycles. The molecule has 2 fully saturated rings. The topological polar surface area (TPSA) is 76.9 Å². The van der Waals surface area contributed by atoms with Gasteiger partial charge < -0.3 is 20.2 Å². The van der Waals surface area contributed by atoms with Gasteiger partial charge in [0.15, 0.2) is 0 Å². The van der Waals surface area contributed by atoms with Crippen LogP contribution < -0.4 is 5.32 Å². The van der Waals surface area contributed by atoms with Gasteiger partial charge in [-0.15, -0.1) is 0 Å². The lowest BCUT2D eigenvalue weighted by molar-refractivity contribution is 0.119. The van der Waals surface area contributed by atoms with Crippen LogP contribution in [0.5, 0.6) is 0 Å². The number of allylic oxidation sites excluding steroid dienone is 1. The van der Waals surface area contributed by atoms with E-state index in [1.807, 2.05) is 13.2 Å². The highest BCUT2D eigenvalue weighted by Gasteiger charge is 2.29. The molecule has 7 nitrogen and oxygen atoms in total. The summed E-state index contributed by atoms with van der Waals surface area (Å²) in [5, 5.41) is 13.5. The van der Waals surface area contributed by atoms with Crippen molar-refractivity contribution in [2.24, 2.45) is 10.9 Å². The number of piperidine rings is 1. The molecule has 0 radical (unpaired) electrons. The Morgan fingerprint density at radius 1 is 1.30 bits per heavy atom. The summed E-state index contributed by atoms with van der Waals surface area (Å²) >= 11 is 0. The molecule has 0 amide bonds. The van der Waals surface area contributed by atoms with E-state index in [1.165, 1.54) is 6.42 Å². The molecule has 2 aliphatic rings. The third-order valence-corrected chi connectivity index (χ3v) is 7.26. The summed E-state index contributed by atoms with van der Waals surface area (Å²) in [7, 11) is 6.18. The van der Waals surface area contributed by atoms with Crippen molar-refractivity contribution in [1.29, 1.82) is 0 Å². The SMILES string of the molecule is C=C(c1nc(NC(C)CCC)ncc1/C(=N\C)N1CCC[C@@H](N(C)C)C1)[C@H]1CC[C@H](O)CC1. The first-order valence-electron chi connectivity index (χ1n) is 12.7. The van der Waals surface area contributed by atoms with Gasteiger partial charge >= 0.3 is 0 Å². The van der Waals surface area contributed by atoms with Gasteiger partial charge in [0.2, 0.25) is 5.95 Å². The van der Waals surface area contributed by atoms with E-state index in [4.69, 9.17) is 15.0 Å². The van der Waals surface area contributed by atoms with Gasteiger partial charge in [-0.3, -0.25) is 4.99 Å². The molecule has 1 aromatic heterocycles. The molecule has 184 valence electrons. The number of aliphatic hydroxyl groups excluding tert-OH is 1. The minimum absolute atomic E-state index is 0.185. The zero-order valence-corrected chi connectivity index (χ0v) is 21.3. The van der Waals surface area contributed by atoms with Crippen molar-refractivity contribution in [3.8, 4) is 0 Å². The van der Waals surface area contributed by atoms with Gasteiger partial charge in [-0.2, -0.15) is 0 Å². The maximum atomic E-state index is 10.00. The first-order chi connectivity index (χ1) is 15.8. The zero-order chi connectivity index (χ0) is 24.0. The van der Waals surface area contributed by atoms with E-state index >= 15 is 0 Å².